The fourth-order valence-electron chi connectivity index (χ4n) is 1.81. The number of nitrogens with one attached hydrogen (secondary N) is 1. The van der Waals surface area contributed by atoms with Crippen LogP contribution in [0, 0.1) is 0 Å². The maximum Gasteiger partial charge on any atom is 0.307 e. The molecular formula is C14H15NO4. The fourth-order valence-corrected chi connectivity index (χ4v) is 1.81. The van der Waals surface area contributed by atoms with Crippen LogP contribution in [0.1, 0.15) is 12.0 Å². The molecule has 0 aliphatic heterocycles. The second kappa shape index (κ2) is 6.04. The predicted molar refractivity (Wildman–Crippen MR) is 69.6 cm³/mol. The third-order valence-electron chi connectivity index (χ3n) is 2.79. The number of esters is 1. The van der Waals surface area contributed by atoms with Gasteiger partial charge in [0.1, 0.15) is 5.58 Å². The minimum absolute atomic E-state index is 0.143. The van der Waals surface area contributed by atoms with E-state index in [2.05, 4.69) is 10.1 Å². The van der Waals surface area contributed by atoms with Crippen molar-refractivity contribution in [1.29, 1.82) is 0 Å². The lowest BCUT2D eigenvalue weighted by Gasteiger charge is -2.03. The van der Waals surface area contributed by atoms with Crippen LogP contribution in [0.25, 0.3) is 11.0 Å². The normalized spacial score (nSPS) is 10.4. The summed E-state index contributed by atoms with van der Waals surface area (Å²) in [5, 5.41) is 3.61. The van der Waals surface area contributed by atoms with Crippen molar-refractivity contribution in [3.63, 3.8) is 0 Å². The molecule has 0 spiro atoms. The van der Waals surface area contributed by atoms with E-state index in [1.165, 1.54) is 7.11 Å². The van der Waals surface area contributed by atoms with Gasteiger partial charge in [-0.15, -0.1) is 0 Å². The fraction of sp³-hybridized carbons (Fsp3) is 0.286. The number of para-hydroxylation sites is 1. The van der Waals surface area contributed by atoms with Gasteiger partial charge >= 0.3 is 5.97 Å². The van der Waals surface area contributed by atoms with Gasteiger partial charge in [0.15, 0.2) is 0 Å². The molecule has 5 nitrogen and oxygen atoms in total. The zero-order valence-electron chi connectivity index (χ0n) is 10.6. The third kappa shape index (κ3) is 3.34. The standard InChI is InChI=1S/C14H15NO4/c1-18-14(17)6-7-15-13(16)8-10-9-19-12-5-3-2-4-11(10)12/h2-5,9H,6-8H2,1H3,(H,15,16). The van der Waals surface area contributed by atoms with Gasteiger partial charge in [0.25, 0.3) is 0 Å². The van der Waals surface area contributed by atoms with Gasteiger partial charge in [0.2, 0.25) is 5.91 Å². The number of furan rings is 1. The molecule has 0 bridgehead atoms. The van der Waals surface area contributed by atoms with Crippen molar-refractivity contribution >= 4 is 22.8 Å². The van der Waals surface area contributed by atoms with Gasteiger partial charge in [-0.2, -0.15) is 0 Å². The Morgan fingerprint density at radius 2 is 2.11 bits per heavy atom. The number of amides is 1. The highest BCUT2D eigenvalue weighted by atomic mass is 16.5. The van der Waals surface area contributed by atoms with Gasteiger partial charge in [-0.25, -0.2) is 0 Å². The molecule has 1 aromatic heterocycles. The topological polar surface area (TPSA) is 68.5 Å². The van der Waals surface area contributed by atoms with Crippen molar-refractivity contribution in [2.24, 2.45) is 0 Å². The molecule has 2 aromatic rings. The molecule has 0 aliphatic carbocycles. The van der Waals surface area contributed by atoms with Crippen LogP contribution in [0.15, 0.2) is 34.9 Å². The van der Waals surface area contributed by atoms with Crippen LogP contribution >= 0.6 is 0 Å². The summed E-state index contributed by atoms with van der Waals surface area (Å²) >= 11 is 0. The largest absolute Gasteiger partial charge is 0.469 e. The van der Waals surface area contributed by atoms with Crippen LogP contribution < -0.4 is 5.32 Å². The first-order chi connectivity index (χ1) is 9.20. The van der Waals surface area contributed by atoms with Gasteiger partial charge < -0.3 is 14.5 Å². The monoisotopic (exact) mass is 261 g/mol. The molecule has 1 heterocycles. The second-order valence-corrected chi connectivity index (χ2v) is 4.11. The predicted octanol–water partition coefficient (Wildman–Crippen LogP) is 1.65. The Labute approximate surface area is 110 Å². The molecule has 0 aliphatic rings. The minimum Gasteiger partial charge on any atom is -0.469 e. The first-order valence-corrected chi connectivity index (χ1v) is 5.99. The first-order valence-electron chi connectivity index (χ1n) is 5.99. The number of carbonyl (C=O) groups is 2. The molecule has 0 saturated heterocycles. The molecule has 19 heavy (non-hydrogen) atoms. The minimum atomic E-state index is -0.339. The van der Waals surface area contributed by atoms with Crippen molar-refractivity contribution in [3.05, 3.63) is 36.1 Å². The number of hydrogen-bond acceptors (Lipinski definition) is 4. The van der Waals surface area contributed by atoms with Gasteiger partial charge in [-0.3, -0.25) is 9.59 Å². The zero-order chi connectivity index (χ0) is 13.7. The molecule has 0 radical (unpaired) electrons. The maximum absolute atomic E-state index is 11.7. The number of rotatable bonds is 5. The third-order valence-corrected chi connectivity index (χ3v) is 2.79. The van der Waals surface area contributed by atoms with Crippen molar-refractivity contribution in [3.8, 4) is 0 Å². The van der Waals surface area contributed by atoms with Crippen LogP contribution in [0.5, 0.6) is 0 Å². The smallest absolute Gasteiger partial charge is 0.307 e. The van der Waals surface area contributed by atoms with Crippen LogP contribution in [-0.2, 0) is 20.7 Å². The van der Waals surface area contributed by atoms with E-state index < -0.39 is 0 Å². The summed E-state index contributed by atoms with van der Waals surface area (Å²) in [5.74, 6) is -0.482. The molecule has 0 saturated carbocycles. The van der Waals surface area contributed by atoms with E-state index in [4.69, 9.17) is 4.42 Å². The summed E-state index contributed by atoms with van der Waals surface area (Å²) in [6.07, 6.45) is 2.00. The van der Waals surface area contributed by atoms with E-state index in [0.717, 1.165) is 16.5 Å². The van der Waals surface area contributed by atoms with Crippen LogP contribution in [-0.4, -0.2) is 25.5 Å². The molecule has 5 heteroatoms. The van der Waals surface area contributed by atoms with E-state index in [-0.39, 0.29) is 31.3 Å². The van der Waals surface area contributed by atoms with Crippen LogP contribution in [0.2, 0.25) is 0 Å². The average Bonchev–Trinajstić information content (AvgIpc) is 2.82. The molecule has 1 amide bonds. The Morgan fingerprint density at radius 1 is 1.32 bits per heavy atom. The zero-order valence-corrected chi connectivity index (χ0v) is 10.6. The van der Waals surface area contributed by atoms with E-state index in [1.807, 2.05) is 24.3 Å². The number of benzene rings is 1. The number of fused-ring (bicyclic) bond motifs is 1. The number of methoxy groups -OCH3 is 1. The lowest BCUT2D eigenvalue weighted by atomic mass is 10.1. The van der Waals surface area contributed by atoms with Gasteiger partial charge in [-0.1, -0.05) is 18.2 Å². The van der Waals surface area contributed by atoms with Gasteiger partial charge in [0.05, 0.1) is 26.2 Å². The van der Waals surface area contributed by atoms with E-state index >= 15 is 0 Å². The Kier molecular flexibility index (Phi) is 4.18. The Morgan fingerprint density at radius 3 is 2.89 bits per heavy atom. The molecule has 0 atom stereocenters. The number of hydrogen-bond donors (Lipinski definition) is 1. The van der Waals surface area contributed by atoms with Gasteiger partial charge in [0, 0.05) is 17.5 Å². The number of carbonyl (C=O) groups excluding carboxylic acids is 2. The van der Waals surface area contributed by atoms with Crippen molar-refractivity contribution in [1.82, 2.24) is 5.32 Å². The van der Waals surface area contributed by atoms with Crippen LogP contribution in [0.3, 0.4) is 0 Å². The Balaban J connectivity index is 1.90. The van der Waals surface area contributed by atoms with E-state index in [1.54, 1.807) is 6.26 Å². The summed E-state index contributed by atoms with van der Waals surface area (Å²) in [7, 11) is 1.32. The maximum atomic E-state index is 11.7. The molecule has 2 rings (SSSR count). The summed E-state index contributed by atoms with van der Waals surface area (Å²) < 4.78 is 9.85. The highest BCUT2D eigenvalue weighted by Crippen LogP contribution is 2.20. The van der Waals surface area contributed by atoms with E-state index in [0.29, 0.717) is 0 Å². The van der Waals surface area contributed by atoms with Crippen molar-refractivity contribution in [2.45, 2.75) is 12.8 Å². The lowest BCUT2D eigenvalue weighted by molar-refractivity contribution is -0.140. The highest BCUT2D eigenvalue weighted by molar-refractivity contribution is 5.87. The van der Waals surface area contributed by atoms with Crippen LogP contribution in [0.4, 0.5) is 0 Å². The lowest BCUT2D eigenvalue weighted by Crippen LogP contribution is -2.27. The molecular weight excluding hydrogens is 246 g/mol. The molecule has 1 aromatic carbocycles. The number of ether oxygens (including phenoxy) is 1. The molecule has 100 valence electrons. The SMILES string of the molecule is COC(=O)CCNC(=O)Cc1coc2ccccc12. The average molecular weight is 261 g/mol. The highest BCUT2D eigenvalue weighted by Gasteiger charge is 2.10. The quantitative estimate of drug-likeness (QED) is 0.831. The summed E-state index contributed by atoms with van der Waals surface area (Å²) in [4.78, 5) is 22.6. The second-order valence-electron chi connectivity index (χ2n) is 4.11. The summed E-state index contributed by atoms with van der Waals surface area (Å²) in [6, 6.07) is 7.55. The van der Waals surface area contributed by atoms with E-state index in [9.17, 15) is 9.59 Å². The Bertz CT molecular complexity index is 588. The molecule has 0 unspecified atom stereocenters. The molecule has 1 N–H and O–H groups in total. The van der Waals surface area contributed by atoms with Crippen molar-refractivity contribution < 1.29 is 18.7 Å². The first kappa shape index (κ1) is 13.1. The summed E-state index contributed by atoms with van der Waals surface area (Å²) in [6.45, 7) is 0.279. The molecule has 0 fully saturated rings. The van der Waals surface area contributed by atoms with Crippen molar-refractivity contribution in [2.75, 3.05) is 13.7 Å². The summed E-state index contributed by atoms with van der Waals surface area (Å²) in [5.41, 5.74) is 1.60. The van der Waals surface area contributed by atoms with Gasteiger partial charge in [-0.05, 0) is 6.07 Å². The Hall–Kier alpha value is -2.30.